The van der Waals surface area contributed by atoms with Crippen molar-refractivity contribution in [2.75, 3.05) is 60.8 Å². The van der Waals surface area contributed by atoms with E-state index in [4.69, 9.17) is 0 Å². The maximum absolute atomic E-state index is 13.2. The van der Waals surface area contributed by atoms with Crippen molar-refractivity contribution in [2.24, 2.45) is 0 Å². The summed E-state index contributed by atoms with van der Waals surface area (Å²) >= 11 is 0. The SMILES string of the molecule is CCCNc1nc(NC(=O)Nc2ccncc2)ncc1C(=O)Nc1cccc(NC(=O)[C@H](C)N(C)C(=O)/C=C/CN(C)C)c1. The predicted molar refractivity (Wildman–Crippen MR) is 171 cm³/mol. The predicted octanol–water partition coefficient (Wildman–Crippen LogP) is 3.49. The van der Waals surface area contributed by atoms with Crippen LogP contribution in [0.3, 0.4) is 0 Å². The fraction of sp³-hybridized carbons (Fsp3) is 0.300. The third-order valence-corrected chi connectivity index (χ3v) is 6.17. The molecular formula is C30H38N10O4. The molecule has 3 aromatic rings. The number of nitrogens with one attached hydrogen (secondary N) is 5. The maximum Gasteiger partial charge on any atom is 0.326 e. The molecule has 0 aliphatic heterocycles. The van der Waals surface area contributed by atoms with Crippen molar-refractivity contribution in [2.45, 2.75) is 26.3 Å². The third kappa shape index (κ3) is 10.2. The lowest BCUT2D eigenvalue weighted by atomic mass is 10.2. The number of hydrogen-bond donors (Lipinski definition) is 5. The van der Waals surface area contributed by atoms with E-state index < -0.39 is 18.0 Å². The molecule has 0 saturated carbocycles. The number of pyridine rings is 1. The molecule has 0 bridgehead atoms. The van der Waals surface area contributed by atoms with Gasteiger partial charge in [0.25, 0.3) is 5.91 Å². The zero-order valence-electron chi connectivity index (χ0n) is 25.4. The van der Waals surface area contributed by atoms with Crippen LogP contribution in [0.25, 0.3) is 0 Å². The van der Waals surface area contributed by atoms with Crippen molar-refractivity contribution < 1.29 is 19.2 Å². The molecule has 3 rings (SSSR count). The molecule has 5 amide bonds. The number of nitrogens with zero attached hydrogens (tertiary/aromatic N) is 5. The van der Waals surface area contributed by atoms with Crippen molar-refractivity contribution in [1.82, 2.24) is 24.8 Å². The standard InChI is InChI=1S/C30H38N10O4/c1-6-14-32-26-24(19-33-29(37-26)38-30(44)36-21-12-15-31-16-13-21)28(43)35-23-10-7-9-22(18-23)34-27(42)20(2)40(5)25(41)11-8-17-39(3)4/h7-13,15-16,18-20H,6,14,17H2,1-5H3,(H,34,42)(H,35,43)(H3,31,32,33,36,37,38,44)/b11-8+/t20-/m0/s1. The number of carbonyl (C=O) groups excluding carboxylic acids is 4. The Labute approximate surface area is 256 Å². The molecule has 14 nitrogen and oxygen atoms in total. The van der Waals surface area contributed by atoms with Crippen LogP contribution in [0.15, 0.2) is 67.1 Å². The molecule has 2 aromatic heterocycles. The lowest BCUT2D eigenvalue weighted by Gasteiger charge is -2.23. The molecule has 1 aromatic carbocycles. The summed E-state index contributed by atoms with van der Waals surface area (Å²) in [5.41, 5.74) is 1.55. The van der Waals surface area contributed by atoms with E-state index in [1.807, 2.05) is 25.9 Å². The Morgan fingerprint density at radius 1 is 0.932 bits per heavy atom. The van der Waals surface area contributed by atoms with Gasteiger partial charge in [-0.05, 0) is 57.8 Å². The highest BCUT2D eigenvalue weighted by molar-refractivity contribution is 6.08. The maximum atomic E-state index is 13.2. The number of likely N-dealkylation sites (N-methyl/N-ethyl adjacent to an activating group) is 2. The second-order valence-corrected chi connectivity index (χ2v) is 10.0. The van der Waals surface area contributed by atoms with Gasteiger partial charge >= 0.3 is 6.03 Å². The smallest absolute Gasteiger partial charge is 0.326 e. The normalized spacial score (nSPS) is 11.5. The van der Waals surface area contributed by atoms with Gasteiger partial charge in [-0.2, -0.15) is 4.98 Å². The Balaban J connectivity index is 1.66. The van der Waals surface area contributed by atoms with Crippen LogP contribution < -0.4 is 26.6 Å². The quantitative estimate of drug-likeness (QED) is 0.184. The Kier molecular flexibility index (Phi) is 12.3. The van der Waals surface area contributed by atoms with Gasteiger partial charge in [-0.3, -0.25) is 24.7 Å². The minimum Gasteiger partial charge on any atom is -0.369 e. The molecule has 44 heavy (non-hydrogen) atoms. The number of aromatic nitrogens is 3. The topological polar surface area (TPSA) is 174 Å². The van der Waals surface area contributed by atoms with E-state index in [0.717, 1.165) is 6.42 Å². The first kappa shape index (κ1) is 33.1. The molecule has 0 saturated heterocycles. The minimum atomic E-state index is -0.743. The lowest BCUT2D eigenvalue weighted by Crippen LogP contribution is -2.42. The summed E-state index contributed by atoms with van der Waals surface area (Å²) in [4.78, 5) is 66.5. The highest BCUT2D eigenvalue weighted by Crippen LogP contribution is 2.20. The van der Waals surface area contributed by atoms with Gasteiger partial charge in [-0.25, -0.2) is 9.78 Å². The summed E-state index contributed by atoms with van der Waals surface area (Å²) in [6.07, 6.45) is 8.34. The fourth-order valence-electron chi connectivity index (χ4n) is 3.65. The third-order valence-electron chi connectivity index (χ3n) is 6.17. The van der Waals surface area contributed by atoms with Crippen molar-refractivity contribution in [3.05, 3.63) is 72.7 Å². The number of benzene rings is 1. The van der Waals surface area contributed by atoms with E-state index in [-0.39, 0.29) is 29.1 Å². The Bertz CT molecular complexity index is 1480. The molecule has 5 N–H and O–H groups in total. The number of urea groups is 1. The molecule has 2 heterocycles. The van der Waals surface area contributed by atoms with E-state index in [1.165, 1.54) is 17.2 Å². The van der Waals surface area contributed by atoms with Gasteiger partial charge in [0.2, 0.25) is 17.8 Å². The molecule has 232 valence electrons. The number of anilines is 5. The molecule has 0 aliphatic rings. The molecule has 0 fully saturated rings. The van der Waals surface area contributed by atoms with Crippen LogP contribution in [0.2, 0.25) is 0 Å². The van der Waals surface area contributed by atoms with Crippen molar-refractivity contribution in [3.63, 3.8) is 0 Å². The monoisotopic (exact) mass is 602 g/mol. The van der Waals surface area contributed by atoms with Crippen LogP contribution in [0.4, 0.5) is 33.6 Å². The molecule has 14 heteroatoms. The van der Waals surface area contributed by atoms with Crippen molar-refractivity contribution in [3.8, 4) is 0 Å². The van der Waals surface area contributed by atoms with Gasteiger partial charge in [0.05, 0.1) is 0 Å². The van der Waals surface area contributed by atoms with Crippen LogP contribution in [-0.4, -0.2) is 88.8 Å². The largest absolute Gasteiger partial charge is 0.369 e. The molecule has 1 atom stereocenters. The summed E-state index contributed by atoms with van der Waals surface area (Å²) in [6, 6.07) is 8.59. The highest BCUT2D eigenvalue weighted by atomic mass is 16.2. The average molecular weight is 603 g/mol. The Morgan fingerprint density at radius 2 is 1.64 bits per heavy atom. The summed E-state index contributed by atoms with van der Waals surface area (Å²) in [5.74, 6) is -0.934. The van der Waals surface area contributed by atoms with Gasteiger partial charge in [-0.15, -0.1) is 0 Å². The van der Waals surface area contributed by atoms with Crippen molar-refractivity contribution in [1.29, 1.82) is 0 Å². The summed E-state index contributed by atoms with van der Waals surface area (Å²) < 4.78 is 0. The number of hydrogen-bond acceptors (Lipinski definition) is 9. The van der Waals surface area contributed by atoms with Gasteiger partial charge in [-0.1, -0.05) is 19.1 Å². The average Bonchev–Trinajstić information content (AvgIpc) is 2.99. The first-order valence-corrected chi connectivity index (χ1v) is 14.0. The number of carbonyl (C=O) groups is 4. The van der Waals surface area contributed by atoms with Crippen LogP contribution in [-0.2, 0) is 9.59 Å². The van der Waals surface area contributed by atoms with E-state index in [9.17, 15) is 19.2 Å². The van der Waals surface area contributed by atoms with Crippen LogP contribution in [0, 0.1) is 0 Å². The summed E-state index contributed by atoms with van der Waals surface area (Å²) in [7, 11) is 5.34. The molecule has 0 radical (unpaired) electrons. The van der Waals surface area contributed by atoms with E-state index in [2.05, 4.69) is 41.5 Å². The van der Waals surface area contributed by atoms with E-state index in [1.54, 1.807) is 68.8 Å². The second kappa shape index (κ2) is 16.3. The molecule has 0 spiro atoms. The lowest BCUT2D eigenvalue weighted by molar-refractivity contribution is -0.132. The summed E-state index contributed by atoms with van der Waals surface area (Å²) in [5, 5.41) is 13.9. The highest BCUT2D eigenvalue weighted by Gasteiger charge is 2.21. The first-order valence-electron chi connectivity index (χ1n) is 14.0. The zero-order chi connectivity index (χ0) is 32.1. The van der Waals surface area contributed by atoms with Crippen LogP contribution in [0.5, 0.6) is 0 Å². The van der Waals surface area contributed by atoms with Gasteiger partial charge in [0.1, 0.15) is 17.4 Å². The molecule has 0 unspecified atom stereocenters. The van der Waals surface area contributed by atoms with Gasteiger partial charge in [0.15, 0.2) is 0 Å². The fourth-order valence-corrected chi connectivity index (χ4v) is 3.65. The minimum absolute atomic E-state index is 0.00202. The Morgan fingerprint density at radius 3 is 2.32 bits per heavy atom. The van der Waals surface area contributed by atoms with E-state index >= 15 is 0 Å². The number of amides is 5. The zero-order valence-corrected chi connectivity index (χ0v) is 25.4. The van der Waals surface area contributed by atoms with Gasteiger partial charge in [0, 0.05) is 61.9 Å². The van der Waals surface area contributed by atoms with Crippen LogP contribution >= 0.6 is 0 Å². The van der Waals surface area contributed by atoms with Crippen molar-refractivity contribution >= 4 is 52.6 Å². The van der Waals surface area contributed by atoms with E-state index in [0.29, 0.717) is 30.2 Å². The molecular weight excluding hydrogens is 564 g/mol. The first-order chi connectivity index (χ1) is 21.1. The number of rotatable bonds is 13. The van der Waals surface area contributed by atoms with Crippen LogP contribution in [0.1, 0.15) is 30.6 Å². The summed E-state index contributed by atoms with van der Waals surface area (Å²) in [6.45, 7) is 4.73. The Hall–Kier alpha value is -5.37. The van der Waals surface area contributed by atoms with Gasteiger partial charge < -0.3 is 31.1 Å². The second-order valence-electron chi connectivity index (χ2n) is 10.0. The molecule has 0 aliphatic carbocycles.